The number of ether oxygens (including phenoxy) is 1. The summed E-state index contributed by atoms with van der Waals surface area (Å²) in [6.07, 6.45) is 0. The van der Waals surface area contributed by atoms with Gasteiger partial charge in [0.2, 0.25) is 0 Å². The molecule has 1 atom stereocenters. The topological polar surface area (TPSA) is 21.3 Å². The molecule has 2 nitrogen and oxygen atoms in total. The van der Waals surface area contributed by atoms with Gasteiger partial charge in [-0.2, -0.15) is 0 Å². The zero-order valence-corrected chi connectivity index (χ0v) is 9.80. The first-order valence-electron chi connectivity index (χ1n) is 4.84. The number of morpholine rings is 1. The Balaban J connectivity index is 2.21. The van der Waals surface area contributed by atoms with Crippen LogP contribution < -0.4 is 5.32 Å². The highest BCUT2D eigenvalue weighted by Gasteiger charge is 2.15. The third-order valence-corrected chi connectivity index (χ3v) is 2.85. The second kappa shape index (κ2) is 4.43. The lowest BCUT2D eigenvalue weighted by Crippen LogP contribution is -2.34. The van der Waals surface area contributed by atoms with E-state index in [1.807, 2.05) is 0 Å². The molecule has 0 aliphatic carbocycles. The fourth-order valence-electron chi connectivity index (χ4n) is 1.75. The second-order valence-electron chi connectivity index (χ2n) is 3.64. The average Bonchev–Trinajstić information content (AvgIpc) is 2.18. The Bertz CT molecular complexity index is 301. The van der Waals surface area contributed by atoms with E-state index < -0.39 is 0 Å². The van der Waals surface area contributed by atoms with Crippen molar-refractivity contribution in [1.82, 2.24) is 5.32 Å². The number of aryl methyl sites for hydroxylation is 1. The molecule has 1 aliphatic heterocycles. The molecule has 2 rings (SSSR count). The molecule has 0 spiro atoms. The molecule has 1 N–H and O–H groups in total. The number of hydrogen-bond acceptors (Lipinski definition) is 2. The Morgan fingerprint density at radius 3 is 2.93 bits per heavy atom. The molecular formula is C11H14BrNO. The van der Waals surface area contributed by atoms with E-state index in [0.29, 0.717) is 6.04 Å². The molecule has 0 aromatic heterocycles. The normalized spacial score (nSPS) is 22.3. The highest BCUT2D eigenvalue weighted by atomic mass is 79.9. The van der Waals surface area contributed by atoms with Crippen molar-refractivity contribution in [3.8, 4) is 0 Å². The first-order valence-corrected chi connectivity index (χ1v) is 5.63. The predicted molar refractivity (Wildman–Crippen MR) is 60.4 cm³/mol. The van der Waals surface area contributed by atoms with Gasteiger partial charge in [0, 0.05) is 11.0 Å². The number of halogens is 1. The van der Waals surface area contributed by atoms with Gasteiger partial charge in [-0.1, -0.05) is 22.0 Å². The molecule has 1 fully saturated rings. The minimum Gasteiger partial charge on any atom is -0.378 e. The van der Waals surface area contributed by atoms with Crippen molar-refractivity contribution >= 4 is 15.9 Å². The minimum absolute atomic E-state index is 0.347. The molecule has 1 aromatic rings. The minimum atomic E-state index is 0.347. The van der Waals surface area contributed by atoms with Crippen LogP contribution in [-0.2, 0) is 4.74 Å². The van der Waals surface area contributed by atoms with Crippen LogP contribution in [0.15, 0.2) is 22.7 Å². The third kappa shape index (κ3) is 2.35. The molecule has 0 radical (unpaired) electrons. The van der Waals surface area contributed by atoms with E-state index in [0.717, 1.165) is 24.2 Å². The Morgan fingerprint density at radius 1 is 1.43 bits per heavy atom. The van der Waals surface area contributed by atoms with E-state index in [4.69, 9.17) is 4.74 Å². The van der Waals surface area contributed by atoms with E-state index in [9.17, 15) is 0 Å². The van der Waals surface area contributed by atoms with Gasteiger partial charge in [-0.3, -0.25) is 0 Å². The smallest absolute Gasteiger partial charge is 0.0662 e. The van der Waals surface area contributed by atoms with Crippen molar-refractivity contribution in [2.24, 2.45) is 0 Å². The van der Waals surface area contributed by atoms with E-state index in [-0.39, 0.29) is 0 Å². The Kier molecular flexibility index (Phi) is 3.21. The van der Waals surface area contributed by atoms with Gasteiger partial charge in [-0.05, 0) is 30.2 Å². The molecule has 3 heteroatoms. The van der Waals surface area contributed by atoms with Crippen molar-refractivity contribution in [2.75, 3.05) is 19.8 Å². The molecular weight excluding hydrogens is 242 g/mol. The third-order valence-electron chi connectivity index (χ3n) is 2.39. The van der Waals surface area contributed by atoms with Crippen LogP contribution in [0.3, 0.4) is 0 Å². The van der Waals surface area contributed by atoms with Crippen LogP contribution in [-0.4, -0.2) is 19.8 Å². The summed E-state index contributed by atoms with van der Waals surface area (Å²) >= 11 is 3.51. The predicted octanol–water partition coefficient (Wildman–Crippen LogP) is 2.42. The first-order chi connectivity index (χ1) is 6.75. The van der Waals surface area contributed by atoms with Gasteiger partial charge in [-0.25, -0.2) is 0 Å². The average molecular weight is 256 g/mol. The summed E-state index contributed by atoms with van der Waals surface area (Å²) < 4.78 is 6.58. The Morgan fingerprint density at radius 2 is 2.29 bits per heavy atom. The molecule has 76 valence electrons. The van der Waals surface area contributed by atoms with Crippen molar-refractivity contribution < 1.29 is 4.74 Å². The van der Waals surface area contributed by atoms with Gasteiger partial charge in [0.05, 0.1) is 19.3 Å². The van der Waals surface area contributed by atoms with Crippen molar-refractivity contribution in [3.05, 3.63) is 33.8 Å². The number of benzene rings is 1. The molecule has 1 aliphatic rings. The van der Waals surface area contributed by atoms with Crippen molar-refractivity contribution in [3.63, 3.8) is 0 Å². The van der Waals surface area contributed by atoms with E-state index in [2.05, 4.69) is 46.4 Å². The van der Waals surface area contributed by atoms with Crippen LogP contribution in [0.4, 0.5) is 0 Å². The summed E-state index contributed by atoms with van der Waals surface area (Å²) in [5, 5.41) is 3.44. The molecule has 14 heavy (non-hydrogen) atoms. The van der Waals surface area contributed by atoms with E-state index in [1.54, 1.807) is 0 Å². The highest BCUT2D eigenvalue weighted by molar-refractivity contribution is 9.10. The quantitative estimate of drug-likeness (QED) is 0.833. The van der Waals surface area contributed by atoms with Gasteiger partial charge in [-0.15, -0.1) is 0 Å². The Labute approximate surface area is 92.8 Å². The van der Waals surface area contributed by atoms with Gasteiger partial charge >= 0.3 is 0 Å². The fourth-order valence-corrected chi connectivity index (χ4v) is 2.37. The highest BCUT2D eigenvalue weighted by Crippen LogP contribution is 2.22. The lowest BCUT2D eigenvalue weighted by molar-refractivity contribution is 0.0768. The molecule has 0 bridgehead atoms. The van der Waals surface area contributed by atoms with E-state index >= 15 is 0 Å². The summed E-state index contributed by atoms with van der Waals surface area (Å²) in [5.74, 6) is 0. The molecule has 1 unspecified atom stereocenters. The summed E-state index contributed by atoms with van der Waals surface area (Å²) in [7, 11) is 0. The second-order valence-corrected chi connectivity index (χ2v) is 4.56. The summed E-state index contributed by atoms with van der Waals surface area (Å²) in [6, 6.07) is 6.82. The fraction of sp³-hybridized carbons (Fsp3) is 0.455. The summed E-state index contributed by atoms with van der Waals surface area (Å²) in [4.78, 5) is 0. The van der Waals surface area contributed by atoms with Gasteiger partial charge in [0.25, 0.3) is 0 Å². The Hall–Kier alpha value is -0.380. The number of nitrogens with one attached hydrogen (secondary N) is 1. The van der Waals surface area contributed by atoms with E-state index in [1.165, 1.54) is 11.1 Å². The lowest BCUT2D eigenvalue weighted by atomic mass is 10.0. The monoisotopic (exact) mass is 255 g/mol. The zero-order valence-electron chi connectivity index (χ0n) is 8.22. The van der Waals surface area contributed by atoms with Gasteiger partial charge in [0.15, 0.2) is 0 Å². The molecule has 0 saturated carbocycles. The number of rotatable bonds is 1. The van der Waals surface area contributed by atoms with Crippen LogP contribution in [0.25, 0.3) is 0 Å². The zero-order chi connectivity index (χ0) is 9.97. The summed E-state index contributed by atoms with van der Waals surface area (Å²) in [6.45, 7) is 4.65. The van der Waals surface area contributed by atoms with Crippen LogP contribution in [0.2, 0.25) is 0 Å². The lowest BCUT2D eigenvalue weighted by Gasteiger charge is -2.24. The van der Waals surface area contributed by atoms with Crippen LogP contribution >= 0.6 is 15.9 Å². The molecule has 1 heterocycles. The maximum atomic E-state index is 5.44. The standard InChI is InChI=1S/C11H14BrNO/c1-8-4-9(6-10(12)5-8)11-7-14-3-2-13-11/h4-6,11,13H,2-3,7H2,1H3. The number of hydrogen-bond donors (Lipinski definition) is 1. The maximum Gasteiger partial charge on any atom is 0.0662 e. The largest absolute Gasteiger partial charge is 0.378 e. The van der Waals surface area contributed by atoms with Crippen molar-refractivity contribution in [1.29, 1.82) is 0 Å². The molecule has 1 aromatic carbocycles. The molecule has 1 saturated heterocycles. The van der Waals surface area contributed by atoms with Crippen LogP contribution in [0.5, 0.6) is 0 Å². The van der Waals surface area contributed by atoms with Crippen molar-refractivity contribution in [2.45, 2.75) is 13.0 Å². The molecule has 0 amide bonds. The maximum absolute atomic E-state index is 5.44. The SMILES string of the molecule is Cc1cc(Br)cc(C2COCCN2)c1. The first kappa shape index (κ1) is 10.1. The van der Waals surface area contributed by atoms with Crippen LogP contribution in [0, 0.1) is 6.92 Å². The summed E-state index contributed by atoms with van der Waals surface area (Å²) in [5.41, 5.74) is 2.58. The van der Waals surface area contributed by atoms with Gasteiger partial charge < -0.3 is 10.1 Å². The van der Waals surface area contributed by atoms with Gasteiger partial charge in [0.1, 0.15) is 0 Å². The van der Waals surface area contributed by atoms with Crippen LogP contribution in [0.1, 0.15) is 17.2 Å².